The van der Waals surface area contributed by atoms with Gasteiger partial charge in [0.1, 0.15) is 11.6 Å². The number of nitrogens with zero attached hydrogens (tertiary/aromatic N) is 4. The first-order chi connectivity index (χ1) is 12.0. The minimum absolute atomic E-state index is 0.287. The maximum absolute atomic E-state index is 13.4. The Morgan fingerprint density at radius 3 is 2.64 bits per heavy atom. The van der Waals surface area contributed by atoms with Crippen LogP contribution in [-0.2, 0) is 4.79 Å². The van der Waals surface area contributed by atoms with Gasteiger partial charge in [0.25, 0.3) is 0 Å². The second-order valence-corrected chi connectivity index (χ2v) is 6.42. The molecule has 0 fully saturated rings. The van der Waals surface area contributed by atoms with Gasteiger partial charge in [-0.15, -0.1) is 5.10 Å². The third-order valence-electron chi connectivity index (χ3n) is 3.26. The Labute approximate surface area is 146 Å². The second kappa shape index (κ2) is 7.39. The molecule has 0 aliphatic carbocycles. The molecule has 1 amide bonds. The Morgan fingerprint density at radius 1 is 1.16 bits per heavy atom. The van der Waals surface area contributed by atoms with E-state index in [4.69, 9.17) is 0 Å². The van der Waals surface area contributed by atoms with E-state index in [9.17, 15) is 13.6 Å². The molecule has 1 aromatic heterocycles. The zero-order chi connectivity index (χ0) is 17.8. The number of tetrazole rings is 1. The van der Waals surface area contributed by atoms with Crippen molar-refractivity contribution in [3.8, 4) is 5.69 Å². The standard InChI is InChI=1S/C16H13F2N5OS/c1-10(15(24)19-13-7-5-11(17)6-8-13)25-16-20-21-22-23(16)14-4-2-3-12(18)9-14/h2-10H,1H3,(H,19,24)/t10-/m1/s1. The molecule has 0 aliphatic rings. The van der Waals surface area contributed by atoms with Crippen LogP contribution in [0.1, 0.15) is 6.92 Å². The summed E-state index contributed by atoms with van der Waals surface area (Å²) < 4.78 is 27.6. The number of thioether (sulfide) groups is 1. The summed E-state index contributed by atoms with van der Waals surface area (Å²) in [6.45, 7) is 1.69. The lowest BCUT2D eigenvalue weighted by molar-refractivity contribution is -0.115. The molecule has 3 rings (SSSR count). The Morgan fingerprint density at radius 2 is 1.92 bits per heavy atom. The van der Waals surface area contributed by atoms with Crippen LogP contribution in [0.4, 0.5) is 14.5 Å². The first-order valence-electron chi connectivity index (χ1n) is 7.30. The van der Waals surface area contributed by atoms with Gasteiger partial charge in [-0.3, -0.25) is 4.79 Å². The van der Waals surface area contributed by atoms with Crippen LogP contribution in [0.25, 0.3) is 5.69 Å². The minimum atomic E-state index is -0.525. The summed E-state index contributed by atoms with van der Waals surface area (Å²) in [5.41, 5.74) is 0.946. The van der Waals surface area contributed by atoms with E-state index < -0.39 is 11.1 Å². The molecule has 3 aromatic rings. The van der Waals surface area contributed by atoms with Crippen LogP contribution >= 0.6 is 11.8 Å². The van der Waals surface area contributed by atoms with E-state index in [1.807, 2.05) is 0 Å². The van der Waals surface area contributed by atoms with Gasteiger partial charge in [0.2, 0.25) is 11.1 Å². The van der Waals surface area contributed by atoms with Crippen LogP contribution in [0.5, 0.6) is 0 Å². The Kier molecular flexibility index (Phi) is 5.03. The number of anilines is 1. The van der Waals surface area contributed by atoms with Crippen LogP contribution < -0.4 is 5.32 Å². The first-order valence-corrected chi connectivity index (χ1v) is 8.18. The highest BCUT2D eigenvalue weighted by atomic mass is 32.2. The SMILES string of the molecule is C[C@@H](Sc1nnnn1-c1cccc(F)c1)C(=O)Nc1ccc(F)cc1. The summed E-state index contributed by atoms with van der Waals surface area (Å²) in [7, 11) is 0. The Balaban J connectivity index is 1.71. The second-order valence-electron chi connectivity index (χ2n) is 5.11. The lowest BCUT2D eigenvalue weighted by atomic mass is 10.3. The van der Waals surface area contributed by atoms with E-state index in [0.717, 1.165) is 11.8 Å². The van der Waals surface area contributed by atoms with Crippen molar-refractivity contribution in [2.45, 2.75) is 17.3 Å². The molecule has 0 radical (unpaired) electrons. The van der Waals surface area contributed by atoms with Gasteiger partial charge in [-0.2, -0.15) is 4.68 Å². The molecular weight excluding hydrogens is 348 g/mol. The smallest absolute Gasteiger partial charge is 0.237 e. The minimum Gasteiger partial charge on any atom is -0.325 e. The molecule has 6 nitrogen and oxygen atoms in total. The summed E-state index contributed by atoms with van der Waals surface area (Å²) in [5.74, 6) is -1.08. The Bertz CT molecular complexity index is 884. The normalized spacial score (nSPS) is 12.0. The van der Waals surface area contributed by atoms with Crippen molar-refractivity contribution in [1.29, 1.82) is 0 Å². The monoisotopic (exact) mass is 361 g/mol. The van der Waals surface area contributed by atoms with Crippen molar-refractivity contribution in [2.24, 2.45) is 0 Å². The number of benzene rings is 2. The van der Waals surface area contributed by atoms with Crippen LogP contribution in [-0.4, -0.2) is 31.4 Å². The van der Waals surface area contributed by atoms with Crippen LogP contribution in [0.3, 0.4) is 0 Å². The van der Waals surface area contributed by atoms with E-state index in [1.54, 1.807) is 19.1 Å². The average Bonchev–Trinajstić information content (AvgIpc) is 3.05. The van der Waals surface area contributed by atoms with Crippen molar-refractivity contribution in [3.05, 3.63) is 60.2 Å². The van der Waals surface area contributed by atoms with Gasteiger partial charge in [0, 0.05) is 5.69 Å². The molecule has 1 heterocycles. The molecule has 0 saturated carbocycles. The summed E-state index contributed by atoms with van der Waals surface area (Å²) in [6, 6.07) is 11.3. The van der Waals surface area contributed by atoms with Gasteiger partial charge < -0.3 is 5.32 Å². The lowest BCUT2D eigenvalue weighted by Gasteiger charge is -2.11. The molecule has 0 unspecified atom stereocenters. The van der Waals surface area contributed by atoms with Gasteiger partial charge in [-0.1, -0.05) is 17.8 Å². The van der Waals surface area contributed by atoms with Gasteiger partial charge in [-0.05, 0) is 59.8 Å². The largest absolute Gasteiger partial charge is 0.325 e. The number of nitrogens with one attached hydrogen (secondary N) is 1. The molecule has 0 bridgehead atoms. The van der Waals surface area contributed by atoms with E-state index in [0.29, 0.717) is 16.5 Å². The number of hydrogen-bond donors (Lipinski definition) is 1. The fourth-order valence-corrected chi connectivity index (χ4v) is 2.82. The van der Waals surface area contributed by atoms with E-state index in [1.165, 1.54) is 41.1 Å². The van der Waals surface area contributed by atoms with E-state index in [2.05, 4.69) is 20.8 Å². The number of carbonyl (C=O) groups excluding carboxylic acids is 1. The van der Waals surface area contributed by atoms with Crippen molar-refractivity contribution in [2.75, 3.05) is 5.32 Å². The number of carbonyl (C=O) groups is 1. The molecule has 2 aromatic carbocycles. The molecule has 0 aliphatic heterocycles. The van der Waals surface area contributed by atoms with Gasteiger partial charge in [0.05, 0.1) is 10.9 Å². The molecule has 1 N–H and O–H groups in total. The number of halogens is 2. The third kappa shape index (κ3) is 4.18. The fraction of sp³-hybridized carbons (Fsp3) is 0.125. The van der Waals surface area contributed by atoms with Crippen LogP contribution in [0.2, 0.25) is 0 Å². The van der Waals surface area contributed by atoms with Crippen LogP contribution in [0.15, 0.2) is 53.7 Å². The number of rotatable bonds is 5. The van der Waals surface area contributed by atoms with Crippen molar-refractivity contribution in [3.63, 3.8) is 0 Å². The maximum atomic E-state index is 13.4. The van der Waals surface area contributed by atoms with E-state index >= 15 is 0 Å². The van der Waals surface area contributed by atoms with Gasteiger partial charge in [0.15, 0.2) is 0 Å². The van der Waals surface area contributed by atoms with Crippen LogP contribution in [0, 0.1) is 11.6 Å². The number of hydrogen-bond acceptors (Lipinski definition) is 5. The highest BCUT2D eigenvalue weighted by Gasteiger charge is 2.19. The van der Waals surface area contributed by atoms with Crippen molar-refractivity contribution in [1.82, 2.24) is 20.2 Å². The molecule has 25 heavy (non-hydrogen) atoms. The fourth-order valence-electron chi connectivity index (χ4n) is 2.01. The average molecular weight is 361 g/mol. The zero-order valence-electron chi connectivity index (χ0n) is 13.1. The van der Waals surface area contributed by atoms with Crippen molar-refractivity contribution >= 4 is 23.4 Å². The quantitative estimate of drug-likeness (QED) is 0.707. The summed E-state index contributed by atoms with van der Waals surface area (Å²) in [6.07, 6.45) is 0. The number of aromatic nitrogens is 4. The molecule has 0 spiro atoms. The topological polar surface area (TPSA) is 72.7 Å². The molecule has 1 atom stereocenters. The highest BCUT2D eigenvalue weighted by Crippen LogP contribution is 2.24. The molecule has 128 valence electrons. The van der Waals surface area contributed by atoms with E-state index in [-0.39, 0.29) is 11.7 Å². The summed E-state index contributed by atoms with van der Waals surface area (Å²) >= 11 is 1.13. The number of amides is 1. The molecule has 0 saturated heterocycles. The third-order valence-corrected chi connectivity index (χ3v) is 4.29. The van der Waals surface area contributed by atoms with Gasteiger partial charge in [-0.25, -0.2) is 8.78 Å². The molecular formula is C16H13F2N5OS. The maximum Gasteiger partial charge on any atom is 0.237 e. The highest BCUT2D eigenvalue weighted by molar-refractivity contribution is 8.00. The predicted octanol–water partition coefficient (Wildman–Crippen LogP) is 3.06. The summed E-state index contributed by atoms with van der Waals surface area (Å²) in [4.78, 5) is 12.3. The molecule has 9 heteroatoms. The predicted molar refractivity (Wildman–Crippen MR) is 89.5 cm³/mol. The summed E-state index contributed by atoms with van der Waals surface area (Å²) in [5, 5.41) is 13.8. The first kappa shape index (κ1) is 17.0. The van der Waals surface area contributed by atoms with Gasteiger partial charge >= 0.3 is 0 Å². The van der Waals surface area contributed by atoms with Crippen molar-refractivity contribution < 1.29 is 13.6 Å². The zero-order valence-corrected chi connectivity index (χ0v) is 13.9. The lowest BCUT2D eigenvalue weighted by Crippen LogP contribution is -2.22. The Hall–Kier alpha value is -2.81.